The quantitative estimate of drug-likeness (QED) is 0.121. The first-order chi connectivity index (χ1) is 24.6. The van der Waals surface area contributed by atoms with Crippen molar-refractivity contribution in [3.63, 3.8) is 0 Å². The molecule has 4 atom stereocenters. The second kappa shape index (κ2) is 15.6. The molecule has 0 aromatic carbocycles. The number of unbranched alkanes of at least 4 members (excludes halogenated alkanes) is 4. The lowest BCUT2D eigenvalue weighted by Gasteiger charge is -2.11. The molecule has 50 heavy (non-hydrogen) atoms. The molecule has 0 spiro atoms. The molecule has 0 aliphatic heterocycles. The van der Waals surface area contributed by atoms with Gasteiger partial charge in [0.2, 0.25) is 0 Å². The molecule has 0 nitrogen and oxygen atoms in total. The fourth-order valence-electron chi connectivity index (χ4n) is 9.70. The van der Waals surface area contributed by atoms with Gasteiger partial charge in [0, 0.05) is 29.3 Å². The van der Waals surface area contributed by atoms with Crippen LogP contribution in [-0.2, 0) is 0 Å². The molecule has 0 fully saturated rings. The van der Waals surface area contributed by atoms with Crippen molar-refractivity contribution in [3.05, 3.63) is 86.5 Å². The van der Waals surface area contributed by atoms with Crippen molar-refractivity contribution >= 4 is 79.8 Å². The Bertz CT molecular complexity index is 1760. The van der Waals surface area contributed by atoms with Gasteiger partial charge in [0.25, 0.3) is 0 Å². The first-order valence-electron chi connectivity index (χ1n) is 20.2. The van der Waals surface area contributed by atoms with E-state index in [9.17, 15) is 0 Å². The highest BCUT2D eigenvalue weighted by Crippen LogP contribution is 2.58. The third kappa shape index (κ3) is 6.58. The summed E-state index contributed by atoms with van der Waals surface area (Å²) in [6.45, 7) is 9.39. The SMILES string of the molecule is CCCCC1C/C(=C2/CC(CCCC)c3cc(/C=C/c4cc5c(s4)/C(=C4\CC(CCCC)c6ccsc64)CC5CCCC)sc32)c2sccc21. The highest BCUT2D eigenvalue weighted by Gasteiger charge is 2.37. The summed E-state index contributed by atoms with van der Waals surface area (Å²) in [5, 5.41) is 4.72. The molecule has 0 bridgehead atoms. The van der Waals surface area contributed by atoms with Gasteiger partial charge in [-0.15, -0.1) is 45.3 Å². The van der Waals surface area contributed by atoms with Crippen LogP contribution in [0.25, 0.3) is 34.4 Å². The van der Waals surface area contributed by atoms with Gasteiger partial charge < -0.3 is 0 Å². The Balaban J connectivity index is 1.11. The van der Waals surface area contributed by atoms with Crippen molar-refractivity contribution < 1.29 is 0 Å². The van der Waals surface area contributed by atoms with Gasteiger partial charge in [-0.1, -0.05) is 79.1 Å². The molecule has 264 valence electrons. The Morgan fingerprint density at radius 1 is 0.480 bits per heavy atom. The van der Waals surface area contributed by atoms with E-state index in [2.05, 4.69) is 97.5 Å². The standard InChI is InChI=1S/C46H56S4/c1-5-9-13-29-23-39(43-35(29)19-21-47-43)41-25-31(15-11-7-3)37-27-33(49-45(37)41)17-18-34-28-38-32(16-12-8-4)26-42(46(38)50-34)40-24-30(14-10-6-2)36-20-22-48-44(36)40/h17-22,27-32H,5-16,23-26H2,1-4H3/b18-17+,41-39+,42-40+. The Hall–Kier alpha value is -1.98. The van der Waals surface area contributed by atoms with Crippen molar-refractivity contribution in [1.29, 1.82) is 0 Å². The second-order valence-corrected chi connectivity index (χ2v) is 19.7. The van der Waals surface area contributed by atoms with E-state index in [-0.39, 0.29) is 0 Å². The summed E-state index contributed by atoms with van der Waals surface area (Å²) < 4.78 is 0. The van der Waals surface area contributed by atoms with Gasteiger partial charge in [-0.3, -0.25) is 0 Å². The molecule has 0 N–H and O–H groups in total. The third-order valence-corrected chi connectivity index (χ3v) is 16.7. The Kier molecular flexibility index (Phi) is 10.9. The maximum absolute atomic E-state index is 2.59. The van der Waals surface area contributed by atoms with E-state index >= 15 is 0 Å². The molecule has 8 rings (SSSR count). The minimum absolute atomic E-state index is 0.692. The summed E-state index contributed by atoms with van der Waals surface area (Å²) in [5.74, 6) is 2.85. The zero-order valence-corrected chi connectivity index (χ0v) is 34.1. The van der Waals surface area contributed by atoms with Gasteiger partial charge in [-0.2, -0.15) is 0 Å². The molecule has 0 amide bonds. The maximum Gasteiger partial charge on any atom is 0.0347 e. The summed E-state index contributed by atoms with van der Waals surface area (Å²) in [6.07, 6.45) is 25.9. The van der Waals surface area contributed by atoms with Crippen molar-refractivity contribution in [3.8, 4) is 0 Å². The minimum Gasteiger partial charge on any atom is -0.144 e. The second-order valence-electron chi connectivity index (χ2n) is 15.7. The van der Waals surface area contributed by atoms with Crippen LogP contribution in [0, 0.1) is 0 Å². The van der Waals surface area contributed by atoms with Crippen LogP contribution in [0.3, 0.4) is 0 Å². The Morgan fingerprint density at radius 2 is 0.820 bits per heavy atom. The monoisotopic (exact) mass is 736 g/mol. The van der Waals surface area contributed by atoms with Crippen LogP contribution in [-0.4, -0.2) is 0 Å². The van der Waals surface area contributed by atoms with Crippen LogP contribution >= 0.6 is 45.3 Å². The topological polar surface area (TPSA) is 0 Å². The summed E-state index contributed by atoms with van der Waals surface area (Å²) in [4.78, 5) is 9.41. The lowest BCUT2D eigenvalue weighted by atomic mass is 9.94. The molecule has 4 heteroatoms. The molecule has 0 saturated heterocycles. The fourth-order valence-corrected chi connectivity index (χ4v) is 14.3. The number of hydrogen-bond acceptors (Lipinski definition) is 4. The van der Waals surface area contributed by atoms with Gasteiger partial charge in [-0.05, 0) is 167 Å². The molecule has 4 aliphatic carbocycles. The molecule has 4 heterocycles. The smallest absolute Gasteiger partial charge is 0.0347 e. The fraction of sp³-hybridized carbons (Fsp3) is 0.522. The van der Waals surface area contributed by atoms with E-state index in [1.165, 1.54) is 112 Å². The van der Waals surface area contributed by atoms with Gasteiger partial charge in [0.1, 0.15) is 0 Å². The highest BCUT2D eigenvalue weighted by atomic mass is 32.1. The average Bonchev–Trinajstić information content (AvgIpc) is 3.96. The van der Waals surface area contributed by atoms with Crippen molar-refractivity contribution in [2.45, 2.75) is 154 Å². The molecule has 4 unspecified atom stereocenters. The summed E-state index contributed by atoms with van der Waals surface area (Å²) in [6, 6.07) is 10.1. The van der Waals surface area contributed by atoms with Crippen LogP contribution in [0.5, 0.6) is 0 Å². The summed E-state index contributed by atoms with van der Waals surface area (Å²) in [5.41, 5.74) is 13.5. The Morgan fingerprint density at radius 3 is 1.18 bits per heavy atom. The van der Waals surface area contributed by atoms with Crippen LogP contribution in [0.2, 0.25) is 0 Å². The van der Waals surface area contributed by atoms with E-state index in [4.69, 9.17) is 0 Å². The van der Waals surface area contributed by atoms with Crippen molar-refractivity contribution in [2.75, 3.05) is 0 Å². The van der Waals surface area contributed by atoms with E-state index < -0.39 is 0 Å². The van der Waals surface area contributed by atoms with E-state index in [0.29, 0.717) is 11.8 Å². The van der Waals surface area contributed by atoms with Crippen LogP contribution in [0.1, 0.15) is 206 Å². The Labute approximate surface area is 318 Å². The predicted molar refractivity (Wildman–Crippen MR) is 227 cm³/mol. The highest BCUT2D eigenvalue weighted by molar-refractivity contribution is 7.15. The molecule has 0 saturated carbocycles. The number of hydrogen-bond donors (Lipinski definition) is 0. The molecule has 4 aromatic heterocycles. The molecule has 4 aliphatic rings. The number of thiophene rings is 4. The summed E-state index contributed by atoms with van der Waals surface area (Å²) >= 11 is 8.20. The largest absolute Gasteiger partial charge is 0.144 e. The zero-order chi connectivity index (χ0) is 34.2. The number of allylic oxidation sites excluding steroid dienone is 4. The van der Waals surface area contributed by atoms with Gasteiger partial charge in [0.05, 0.1) is 0 Å². The third-order valence-electron chi connectivity index (χ3n) is 12.4. The average molecular weight is 737 g/mol. The first-order valence-corrected chi connectivity index (χ1v) is 23.6. The number of rotatable bonds is 14. The maximum atomic E-state index is 2.59. The first kappa shape index (κ1) is 35.1. The normalized spacial score (nSPS) is 25.3. The van der Waals surface area contributed by atoms with E-state index in [0.717, 1.165) is 11.8 Å². The predicted octanol–water partition coefficient (Wildman–Crippen LogP) is 16.6. The van der Waals surface area contributed by atoms with E-state index in [1.54, 1.807) is 64.1 Å². The molecule has 4 aromatic rings. The van der Waals surface area contributed by atoms with Gasteiger partial charge in [0.15, 0.2) is 0 Å². The molecular weight excluding hydrogens is 681 g/mol. The lowest BCUT2D eigenvalue weighted by Crippen LogP contribution is -1.93. The number of fused-ring (bicyclic) bond motifs is 4. The summed E-state index contributed by atoms with van der Waals surface area (Å²) in [7, 11) is 0. The van der Waals surface area contributed by atoms with Crippen molar-refractivity contribution in [2.24, 2.45) is 0 Å². The molecular formula is C46H56S4. The van der Waals surface area contributed by atoms with Crippen molar-refractivity contribution in [1.82, 2.24) is 0 Å². The lowest BCUT2D eigenvalue weighted by molar-refractivity contribution is 0.605. The van der Waals surface area contributed by atoms with Crippen LogP contribution in [0.4, 0.5) is 0 Å². The van der Waals surface area contributed by atoms with E-state index in [1.807, 2.05) is 22.7 Å². The van der Waals surface area contributed by atoms with Gasteiger partial charge in [-0.25, -0.2) is 0 Å². The van der Waals surface area contributed by atoms with Crippen LogP contribution in [0.15, 0.2) is 35.0 Å². The molecule has 0 radical (unpaired) electrons. The van der Waals surface area contributed by atoms with Crippen LogP contribution < -0.4 is 0 Å². The van der Waals surface area contributed by atoms with Gasteiger partial charge >= 0.3 is 0 Å². The zero-order valence-electron chi connectivity index (χ0n) is 30.9. The minimum atomic E-state index is 0.692.